The van der Waals surface area contributed by atoms with Crippen molar-refractivity contribution in [3.05, 3.63) is 0 Å². The average Bonchev–Trinajstić information content (AvgIpc) is 2.67. The van der Waals surface area contributed by atoms with Gasteiger partial charge in [0.15, 0.2) is 9.84 Å². The lowest BCUT2D eigenvalue weighted by Crippen LogP contribution is -2.52. The minimum atomic E-state index is -3.04. The lowest BCUT2D eigenvalue weighted by molar-refractivity contribution is -0.148. The van der Waals surface area contributed by atoms with Gasteiger partial charge in [-0.2, -0.15) is 0 Å². The number of nitrogens with zero attached hydrogens (tertiary/aromatic N) is 1. The number of nitrogens with one attached hydrogen (secondary N) is 1. The fourth-order valence-electron chi connectivity index (χ4n) is 3.04. The molecule has 0 aromatic heterocycles. The molecule has 0 saturated carbocycles. The first-order valence-corrected chi connectivity index (χ1v) is 9.85. The van der Waals surface area contributed by atoms with Crippen molar-refractivity contribution < 1.29 is 18.0 Å². The van der Waals surface area contributed by atoms with Gasteiger partial charge in [-0.1, -0.05) is 12.8 Å². The summed E-state index contributed by atoms with van der Waals surface area (Å²) in [5.41, 5.74) is -1.16. The summed E-state index contributed by atoms with van der Waals surface area (Å²) in [6, 6.07) is -0.367. The van der Waals surface area contributed by atoms with Crippen molar-refractivity contribution in [2.24, 2.45) is 5.41 Å². The summed E-state index contributed by atoms with van der Waals surface area (Å²) < 4.78 is 22.9. The first-order chi connectivity index (χ1) is 10.2. The predicted molar refractivity (Wildman–Crippen MR) is 84.0 cm³/mol. The maximum atomic E-state index is 12.7. The second kappa shape index (κ2) is 6.56. The molecule has 2 amide bonds. The summed E-state index contributed by atoms with van der Waals surface area (Å²) in [4.78, 5) is 26.9. The molecule has 0 radical (unpaired) electrons. The quantitative estimate of drug-likeness (QED) is 0.773. The van der Waals surface area contributed by atoms with Gasteiger partial charge in [0.05, 0.1) is 11.5 Å². The Hall–Kier alpha value is -1.11. The highest BCUT2D eigenvalue weighted by atomic mass is 32.2. The molecule has 2 aliphatic heterocycles. The highest BCUT2D eigenvalue weighted by Gasteiger charge is 2.41. The second-order valence-electron chi connectivity index (χ2n) is 6.90. The Morgan fingerprint density at radius 3 is 2.18 bits per heavy atom. The van der Waals surface area contributed by atoms with Crippen molar-refractivity contribution in [2.75, 3.05) is 24.6 Å². The van der Waals surface area contributed by atoms with Crippen LogP contribution in [0.25, 0.3) is 0 Å². The number of rotatable bonds is 3. The first kappa shape index (κ1) is 17.2. The molecule has 2 rings (SSSR count). The molecule has 1 N–H and O–H groups in total. The van der Waals surface area contributed by atoms with Crippen LogP contribution in [0.15, 0.2) is 0 Å². The number of carbonyl (C=O) groups is 2. The standard InChI is InChI=1S/C15H26N2O4S/c1-15(2,14(19)17-8-5-3-4-6-9-17)13(18)16-12-7-10-22(20,21)11-12/h12H,3-11H2,1-2H3,(H,16,18). The predicted octanol–water partition coefficient (Wildman–Crippen LogP) is 0.719. The van der Waals surface area contributed by atoms with E-state index in [4.69, 9.17) is 0 Å². The molecular weight excluding hydrogens is 304 g/mol. The van der Waals surface area contributed by atoms with E-state index in [1.165, 1.54) is 0 Å². The monoisotopic (exact) mass is 330 g/mol. The van der Waals surface area contributed by atoms with Crippen LogP contribution in [0.4, 0.5) is 0 Å². The third kappa shape index (κ3) is 4.00. The highest BCUT2D eigenvalue weighted by Crippen LogP contribution is 2.23. The van der Waals surface area contributed by atoms with E-state index in [1.807, 2.05) is 0 Å². The zero-order chi connectivity index (χ0) is 16.4. The van der Waals surface area contributed by atoms with Gasteiger partial charge in [-0.15, -0.1) is 0 Å². The molecule has 1 atom stereocenters. The van der Waals surface area contributed by atoms with E-state index in [0.29, 0.717) is 19.5 Å². The van der Waals surface area contributed by atoms with Crippen LogP contribution < -0.4 is 5.32 Å². The van der Waals surface area contributed by atoms with E-state index in [2.05, 4.69) is 5.32 Å². The Kier molecular flexibility index (Phi) is 5.14. The summed E-state index contributed by atoms with van der Waals surface area (Å²) in [6.07, 6.45) is 4.63. The van der Waals surface area contributed by atoms with Crippen molar-refractivity contribution in [3.8, 4) is 0 Å². The van der Waals surface area contributed by atoms with Gasteiger partial charge >= 0.3 is 0 Å². The van der Waals surface area contributed by atoms with Crippen LogP contribution >= 0.6 is 0 Å². The summed E-state index contributed by atoms with van der Waals surface area (Å²) in [7, 11) is -3.04. The van der Waals surface area contributed by atoms with Gasteiger partial charge in [-0.3, -0.25) is 9.59 Å². The number of hydrogen-bond acceptors (Lipinski definition) is 4. The Bertz CT molecular complexity index is 534. The zero-order valence-electron chi connectivity index (χ0n) is 13.4. The molecule has 2 aliphatic rings. The van der Waals surface area contributed by atoms with Crippen LogP contribution in [0.1, 0.15) is 46.0 Å². The minimum Gasteiger partial charge on any atom is -0.351 e. The molecule has 0 aromatic rings. The maximum absolute atomic E-state index is 12.7. The van der Waals surface area contributed by atoms with Gasteiger partial charge in [0.1, 0.15) is 5.41 Å². The third-order valence-electron chi connectivity index (χ3n) is 4.56. The van der Waals surface area contributed by atoms with Crippen molar-refractivity contribution in [1.29, 1.82) is 0 Å². The van der Waals surface area contributed by atoms with Crippen LogP contribution in [0.5, 0.6) is 0 Å². The van der Waals surface area contributed by atoms with E-state index in [1.54, 1.807) is 18.7 Å². The van der Waals surface area contributed by atoms with E-state index in [-0.39, 0.29) is 29.4 Å². The minimum absolute atomic E-state index is 0.0211. The topological polar surface area (TPSA) is 83.5 Å². The van der Waals surface area contributed by atoms with Gasteiger partial charge < -0.3 is 10.2 Å². The first-order valence-electron chi connectivity index (χ1n) is 8.03. The van der Waals surface area contributed by atoms with Crippen LogP contribution in [0, 0.1) is 5.41 Å². The number of hydrogen-bond donors (Lipinski definition) is 1. The third-order valence-corrected chi connectivity index (χ3v) is 6.33. The Morgan fingerprint density at radius 1 is 1.09 bits per heavy atom. The van der Waals surface area contributed by atoms with Crippen LogP contribution in [0.3, 0.4) is 0 Å². The lowest BCUT2D eigenvalue weighted by atomic mass is 9.89. The highest BCUT2D eigenvalue weighted by molar-refractivity contribution is 7.91. The smallest absolute Gasteiger partial charge is 0.237 e. The molecule has 0 aliphatic carbocycles. The van der Waals surface area contributed by atoms with Gasteiger partial charge in [0.2, 0.25) is 11.8 Å². The fourth-order valence-corrected chi connectivity index (χ4v) is 4.71. The molecule has 0 spiro atoms. The molecule has 6 nitrogen and oxygen atoms in total. The van der Waals surface area contributed by atoms with Crippen molar-refractivity contribution in [3.63, 3.8) is 0 Å². The lowest BCUT2D eigenvalue weighted by Gasteiger charge is -2.31. The molecule has 2 saturated heterocycles. The average molecular weight is 330 g/mol. The molecule has 2 fully saturated rings. The van der Waals surface area contributed by atoms with Crippen LogP contribution in [-0.4, -0.2) is 55.8 Å². The number of amides is 2. The van der Waals surface area contributed by atoms with Gasteiger partial charge in [0.25, 0.3) is 0 Å². The molecule has 126 valence electrons. The molecule has 7 heteroatoms. The van der Waals surface area contributed by atoms with Gasteiger partial charge in [-0.25, -0.2) is 8.42 Å². The molecular formula is C15H26N2O4S. The van der Waals surface area contributed by atoms with Gasteiger partial charge in [0, 0.05) is 19.1 Å². The maximum Gasteiger partial charge on any atom is 0.237 e. The van der Waals surface area contributed by atoms with Crippen LogP contribution in [-0.2, 0) is 19.4 Å². The molecule has 22 heavy (non-hydrogen) atoms. The van der Waals surface area contributed by atoms with E-state index >= 15 is 0 Å². The number of carbonyl (C=O) groups excluding carboxylic acids is 2. The molecule has 0 aromatic carbocycles. The Labute approximate surface area is 132 Å². The Morgan fingerprint density at radius 2 is 1.68 bits per heavy atom. The summed E-state index contributed by atoms with van der Waals surface area (Å²) in [5.74, 6) is -0.442. The van der Waals surface area contributed by atoms with Crippen molar-refractivity contribution >= 4 is 21.7 Å². The Balaban J connectivity index is 1.98. The molecule has 0 bridgehead atoms. The van der Waals surface area contributed by atoms with Crippen molar-refractivity contribution in [2.45, 2.75) is 52.0 Å². The molecule has 1 unspecified atom stereocenters. The van der Waals surface area contributed by atoms with E-state index in [9.17, 15) is 18.0 Å². The van der Waals surface area contributed by atoms with E-state index in [0.717, 1.165) is 25.7 Å². The van der Waals surface area contributed by atoms with E-state index < -0.39 is 15.3 Å². The summed E-state index contributed by atoms with van der Waals surface area (Å²) in [6.45, 7) is 4.65. The second-order valence-corrected chi connectivity index (χ2v) is 9.13. The summed E-state index contributed by atoms with van der Waals surface area (Å²) >= 11 is 0. The molecule has 2 heterocycles. The largest absolute Gasteiger partial charge is 0.351 e. The zero-order valence-corrected chi connectivity index (χ0v) is 14.2. The number of sulfone groups is 1. The number of likely N-dealkylation sites (tertiary alicyclic amines) is 1. The normalized spacial score (nSPS) is 25.5. The SMILES string of the molecule is CC(C)(C(=O)NC1CCS(=O)(=O)C1)C(=O)N1CCCCCC1. The van der Waals surface area contributed by atoms with Gasteiger partial charge in [-0.05, 0) is 33.1 Å². The fraction of sp³-hybridized carbons (Fsp3) is 0.867. The van der Waals surface area contributed by atoms with Crippen LogP contribution in [0.2, 0.25) is 0 Å². The summed E-state index contributed by atoms with van der Waals surface area (Å²) in [5, 5.41) is 2.74. The van der Waals surface area contributed by atoms with Crippen molar-refractivity contribution in [1.82, 2.24) is 10.2 Å².